The van der Waals surface area contributed by atoms with Gasteiger partial charge in [-0.25, -0.2) is 9.78 Å². The summed E-state index contributed by atoms with van der Waals surface area (Å²) in [5, 5.41) is 2.74. The molecule has 0 atom stereocenters. The summed E-state index contributed by atoms with van der Waals surface area (Å²) in [6, 6.07) is 12.2. The van der Waals surface area contributed by atoms with E-state index < -0.39 is 11.9 Å². The summed E-state index contributed by atoms with van der Waals surface area (Å²) < 4.78 is 12.5. The zero-order valence-corrected chi connectivity index (χ0v) is 16.0. The van der Waals surface area contributed by atoms with Crippen molar-refractivity contribution in [1.82, 2.24) is 9.38 Å². The van der Waals surface area contributed by atoms with Gasteiger partial charge in [-0.3, -0.25) is 4.79 Å². The molecule has 0 aliphatic heterocycles. The fourth-order valence-electron chi connectivity index (χ4n) is 3.08. The number of anilines is 1. The van der Waals surface area contributed by atoms with E-state index in [1.54, 1.807) is 37.3 Å². The van der Waals surface area contributed by atoms with Gasteiger partial charge in [-0.1, -0.05) is 18.2 Å². The number of hydrogen-bond donors (Lipinski definition) is 1. The molecular formula is C22H19N3O4. The summed E-state index contributed by atoms with van der Waals surface area (Å²) in [5.74, 6) is -0.820. The number of carbonyl (C=O) groups excluding carboxylic acids is 2. The summed E-state index contributed by atoms with van der Waals surface area (Å²) in [7, 11) is 0. The van der Waals surface area contributed by atoms with Gasteiger partial charge >= 0.3 is 5.97 Å². The number of imidazole rings is 1. The number of pyridine rings is 1. The molecule has 1 N–H and O–H groups in total. The number of hydrogen-bond acceptors (Lipinski definition) is 5. The molecule has 0 radical (unpaired) electrons. The number of furan rings is 1. The monoisotopic (exact) mass is 389 g/mol. The Morgan fingerprint density at radius 2 is 1.93 bits per heavy atom. The van der Waals surface area contributed by atoms with Crippen molar-refractivity contribution in [3.8, 4) is 0 Å². The van der Waals surface area contributed by atoms with E-state index in [0.29, 0.717) is 11.4 Å². The first-order valence-corrected chi connectivity index (χ1v) is 9.08. The maximum atomic E-state index is 12.7. The molecule has 3 heterocycles. The quantitative estimate of drug-likeness (QED) is 0.518. The van der Waals surface area contributed by atoms with Crippen molar-refractivity contribution < 1.29 is 18.7 Å². The lowest BCUT2D eigenvalue weighted by atomic mass is 10.1. The molecule has 0 saturated carbocycles. The molecule has 7 heteroatoms. The van der Waals surface area contributed by atoms with Crippen LogP contribution in [0, 0.1) is 13.8 Å². The number of ether oxygens (including phenoxy) is 1. The van der Waals surface area contributed by atoms with Crippen LogP contribution in [0.3, 0.4) is 0 Å². The van der Waals surface area contributed by atoms with E-state index in [1.165, 1.54) is 6.26 Å². The average molecular weight is 389 g/mol. The second-order valence-corrected chi connectivity index (χ2v) is 6.66. The van der Waals surface area contributed by atoms with Crippen LogP contribution in [0.15, 0.2) is 65.5 Å². The Morgan fingerprint density at radius 1 is 1.10 bits per heavy atom. The van der Waals surface area contributed by atoms with Crippen LogP contribution in [0.2, 0.25) is 0 Å². The molecule has 0 aliphatic rings. The van der Waals surface area contributed by atoms with Crippen LogP contribution in [0.1, 0.15) is 37.7 Å². The molecule has 1 aromatic carbocycles. The number of para-hydroxylation sites is 1. The Labute approximate surface area is 166 Å². The SMILES string of the molecule is Cc1cccc(C(=O)OCc2cn3cccc(C)c3n2)c1NC(=O)c1ccco1. The number of carbonyl (C=O) groups is 2. The van der Waals surface area contributed by atoms with E-state index in [9.17, 15) is 9.59 Å². The van der Waals surface area contributed by atoms with Crippen molar-refractivity contribution in [2.24, 2.45) is 0 Å². The average Bonchev–Trinajstić information content (AvgIpc) is 3.38. The molecule has 146 valence electrons. The van der Waals surface area contributed by atoms with E-state index in [4.69, 9.17) is 9.15 Å². The Balaban J connectivity index is 1.53. The number of nitrogens with one attached hydrogen (secondary N) is 1. The van der Waals surface area contributed by atoms with Crippen LogP contribution >= 0.6 is 0 Å². The molecule has 0 saturated heterocycles. The van der Waals surface area contributed by atoms with E-state index in [2.05, 4.69) is 10.3 Å². The minimum Gasteiger partial charge on any atom is -0.459 e. The number of rotatable bonds is 5. The highest BCUT2D eigenvalue weighted by atomic mass is 16.5. The summed E-state index contributed by atoms with van der Waals surface area (Å²) >= 11 is 0. The predicted molar refractivity (Wildman–Crippen MR) is 107 cm³/mol. The van der Waals surface area contributed by atoms with Crippen LogP contribution in [0.25, 0.3) is 5.65 Å². The second kappa shape index (κ2) is 7.63. The third kappa shape index (κ3) is 3.75. The number of aryl methyl sites for hydroxylation is 2. The lowest BCUT2D eigenvalue weighted by Gasteiger charge is -2.12. The van der Waals surface area contributed by atoms with Crippen molar-refractivity contribution in [3.63, 3.8) is 0 Å². The maximum absolute atomic E-state index is 12.7. The molecule has 0 spiro atoms. The van der Waals surface area contributed by atoms with Gasteiger partial charge in [-0.15, -0.1) is 0 Å². The van der Waals surface area contributed by atoms with Crippen LogP contribution < -0.4 is 5.32 Å². The minimum atomic E-state index is -0.544. The smallest absolute Gasteiger partial charge is 0.340 e. The highest BCUT2D eigenvalue weighted by molar-refractivity contribution is 6.07. The van der Waals surface area contributed by atoms with Gasteiger partial charge in [-0.05, 0) is 49.2 Å². The van der Waals surface area contributed by atoms with E-state index in [-0.39, 0.29) is 17.9 Å². The molecule has 1 amide bonds. The van der Waals surface area contributed by atoms with Gasteiger partial charge in [0.15, 0.2) is 5.76 Å². The Kier molecular flexibility index (Phi) is 4.87. The van der Waals surface area contributed by atoms with Gasteiger partial charge in [-0.2, -0.15) is 0 Å². The topological polar surface area (TPSA) is 85.8 Å². The van der Waals surface area contributed by atoms with Crippen molar-refractivity contribution in [1.29, 1.82) is 0 Å². The van der Waals surface area contributed by atoms with Crippen molar-refractivity contribution in [2.45, 2.75) is 20.5 Å². The molecule has 7 nitrogen and oxygen atoms in total. The summed E-state index contributed by atoms with van der Waals surface area (Å²) in [5.41, 5.74) is 3.89. The van der Waals surface area contributed by atoms with Crippen molar-refractivity contribution >= 4 is 23.2 Å². The molecule has 0 bridgehead atoms. The fraction of sp³-hybridized carbons (Fsp3) is 0.136. The molecule has 0 fully saturated rings. The van der Waals surface area contributed by atoms with E-state index in [0.717, 1.165) is 16.8 Å². The zero-order valence-electron chi connectivity index (χ0n) is 16.0. The summed E-state index contributed by atoms with van der Waals surface area (Å²) in [6.45, 7) is 3.80. The van der Waals surface area contributed by atoms with Crippen molar-refractivity contribution in [2.75, 3.05) is 5.32 Å². The predicted octanol–water partition coefficient (Wildman–Crippen LogP) is 4.15. The van der Waals surface area contributed by atoms with E-state index >= 15 is 0 Å². The maximum Gasteiger partial charge on any atom is 0.340 e. The first-order chi connectivity index (χ1) is 14.0. The van der Waals surface area contributed by atoms with Gasteiger partial charge in [0.25, 0.3) is 5.91 Å². The normalized spacial score (nSPS) is 10.8. The van der Waals surface area contributed by atoms with Gasteiger partial charge in [0.2, 0.25) is 0 Å². The molecule has 0 unspecified atom stereocenters. The third-order valence-electron chi connectivity index (χ3n) is 4.56. The van der Waals surface area contributed by atoms with Gasteiger partial charge < -0.3 is 18.9 Å². The zero-order chi connectivity index (χ0) is 20.4. The minimum absolute atomic E-state index is 0.0272. The van der Waals surface area contributed by atoms with Gasteiger partial charge in [0.05, 0.1) is 23.2 Å². The van der Waals surface area contributed by atoms with Crippen LogP contribution in [-0.2, 0) is 11.3 Å². The molecular weight excluding hydrogens is 370 g/mol. The van der Waals surface area contributed by atoms with E-state index in [1.807, 2.05) is 35.9 Å². The standard InChI is InChI=1S/C22H19N3O4/c1-14-6-3-8-17(19(14)24-21(26)18-9-5-11-28-18)22(27)29-13-16-12-25-10-4-7-15(2)20(25)23-16/h3-12H,13H2,1-2H3,(H,24,26). The number of esters is 1. The first kappa shape index (κ1) is 18.5. The fourth-order valence-corrected chi connectivity index (χ4v) is 3.08. The molecule has 0 aliphatic carbocycles. The molecule has 4 rings (SSSR count). The Morgan fingerprint density at radius 3 is 2.69 bits per heavy atom. The van der Waals surface area contributed by atoms with Gasteiger partial charge in [0, 0.05) is 12.4 Å². The highest BCUT2D eigenvalue weighted by Crippen LogP contribution is 2.23. The Hall–Kier alpha value is -3.87. The molecule has 4 aromatic rings. The third-order valence-corrected chi connectivity index (χ3v) is 4.56. The summed E-state index contributed by atoms with van der Waals surface area (Å²) in [6.07, 6.45) is 5.13. The highest BCUT2D eigenvalue weighted by Gasteiger charge is 2.19. The summed E-state index contributed by atoms with van der Waals surface area (Å²) in [4.78, 5) is 29.6. The number of amides is 1. The van der Waals surface area contributed by atoms with Crippen molar-refractivity contribution in [3.05, 3.63) is 89.3 Å². The second-order valence-electron chi connectivity index (χ2n) is 6.66. The van der Waals surface area contributed by atoms with Crippen LogP contribution in [-0.4, -0.2) is 21.3 Å². The Bertz CT molecular complexity index is 1190. The first-order valence-electron chi connectivity index (χ1n) is 9.08. The number of aromatic nitrogens is 2. The molecule has 29 heavy (non-hydrogen) atoms. The largest absolute Gasteiger partial charge is 0.459 e. The number of nitrogens with zero attached hydrogens (tertiary/aromatic N) is 2. The molecule has 3 aromatic heterocycles. The van der Waals surface area contributed by atoms with Gasteiger partial charge in [0.1, 0.15) is 12.3 Å². The number of benzene rings is 1. The lowest BCUT2D eigenvalue weighted by Crippen LogP contribution is -2.16. The van der Waals surface area contributed by atoms with Crippen LogP contribution in [0.5, 0.6) is 0 Å². The number of fused-ring (bicyclic) bond motifs is 1. The lowest BCUT2D eigenvalue weighted by molar-refractivity contribution is 0.0469. The van der Waals surface area contributed by atoms with Crippen LogP contribution in [0.4, 0.5) is 5.69 Å².